The summed E-state index contributed by atoms with van der Waals surface area (Å²) in [4.78, 5) is 10.3. The van der Waals surface area contributed by atoms with Crippen LogP contribution in [-0.4, -0.2) is 43.9 Å². The molecule has 0 saturated carbocycles. The van der Waals surface area contributed by atoms with Crippen LogP contribution in [0.5, 0.6) is 5.88 Å². The standard InChI is InChI=1S/C12H18N4O2/c1-17-8-9-3-5-16(6-4-9)10-7-11(18-2)15-12(13)14-10/h3,7H,4-6,8H2,1-2H3,(H2,13,14,15). The summed E-state index contributed by atoms with van der Waals surface area (Å²) >= 11 is 0. The summed E-state index contributed by atoms with van der Waals surface area (Å²) in [6.07, 6.45) is 3.14. The molecule has 98 valence electrons. The van der Waals surface area contributed by atoms with E-state index >= 15 is 0 Å². The van der Waals surface area contributed by atoms with E-state index in [1.54, 1.807) is 20.3 Å². The van der Waals surface area contributed by atoms with Crippen LogP contribution in [0.25, 0.3) is 0 Å². The Morgan fingerprint density at radius 1 is 1.39 bits per heavy atom. The Labute approximate surface area is 106 Å². The average Bonchev–Trinajstić information content (AvgIpc) is 2.39. The predicted octanol–water partition coefficient (Wildman–Crippen LogP) is 0.850. The van der Waals surface area contributed by atoms with Gasteiger partial charge in [-0.25, -0.2) is 0 Å². The molecule has 6 nitrogen and oxygen atoms in total. The van der Waals surface area contributed by atoms with Gasteiger partial charge in [0.15, 0.2) is 0 Å². The van der Waals surface area contributed by atoms with E-state index in [4.69, 9.17) is 15.2 Å². The highest BCUT2D eigenvalue weighted by Crippen LogP contribution is 2.21. The van der Waals surface area contributed by atoms with Gasteiger partial charge in [-0.15, -0.1) is 0 Å². The lowest BCUT2D eigenvalue weighted by molar-refractivity contribution is 0.222. The van der Waals surface area contributed by atoms with Crippen LogP contribution in [0.1, 0.15) is 6.42 Å². The first kappa shape index (κ1) is 12.6. The number of rotatable bonds is 4. The molecule has 0 unspecified atom stereocenters. The molecule has 18 heavy (non-hydrogen) atoms. The molecular formula is C12H18N4O2. The van der Waals surface area contributed by atoms with Crippen LogP contribution in [0.15, 0.2) is 17.7 Å². The Kier molecular flexibility index (Phi) is 3.99. The molecule has 0 aromatic carbocycles. The Morgan fingerprint density at radius 2 is 2.22 bits per heavy atom. The lowest BCUT2D eigenvalue weighted by atomic mass is 10.1. The van der Waals surface area contributed by atoms with Crippen LogP contribution in [0, 0.1) is 0 Å². The van der Waals surface area contributed by atoms with Crippen molar-refractivity contribution in [2.24, 2.45) is 0 Å². The largest absolute Gasteiger partial charge is 0.481 e. The predicted molar refractivity (Wildman–Crippen MR) is 69.8 cm³/mol. The lowest BCUT2D eigenvalue weighted by Crippen LogP contribution is -2.30. The monoisotopic (exact) mass is 250 g/mol. The van der Waals surface area contributed by atoms with Crippen molar-refractivity contribution in [3.05, 3.63) is 17.7 Å². The molecule has 0 radical (unpaired) electrons. The summed E-state index contributed by atoms with van der Waals surface area (Å²) in [7, 11) is 3.28. The van der Waals surface area contributed by atoms with Crippen LogP contribution < -0.4 is 15.4 Å². The van der Waals surface area contributed by atoms with Crippen LogP contribution in [0.2, 0.25) is 0 Å². The molecule has 6 heteroatoms. The van der Waals surface area contributed by atoms with Crippen LogP contribution >= 0.6 is 0 Å². The van der Waals surface area contributed by atoms with Crippen molar-refractivity contribution in [2.75, 3.05) is 44.5 Å². The number of hydrogen-bond acceptors (Lipinski definition) is 6. The fourth-order valence-corrected chi connectivity index (χ4v) is 1.93. The molecule has 0 atom stereocenters. The zero-order chi connectivity index (χ0) is 13.0. The van der Waals surface area contributed by atoms with Gasteiger partial charge in [0, 0.05) is 26.3 Å². The van der Waals surface area contributed by atoms with Crippen molar-refractivity contribution in [2.45, 2.75) is 6.42 Å². The van der Waals surface area contributed by atoms with E-state index in [2.05, 4.69) is 20.9 Å². The third-order valence-electron chi connectivity index (χ3n) is 2.87. The topological polar surface area (TPSA) is 73.5 Å². The molecule has 0 saturated heterocycles. The zero-order valence-corrected chi connectivity index (χ0v) is 10.7. The van der Waals surface area contributed by atoms with Gasteiger partial charge < -0.3 is 20.1 Å². The molecular weight excluding hydrogens is 232 g/mol. The minimum absolute atomic E-state index is 0.232. The maximum absolute atomic E-state index is 5.65. The number of nitrogens with zero attached hydrogens (tertiary/aromatic N) is 3. The van der Waals surface area contributed by atoms with Gasteiger partial charge in [-0.05, 0) is 12.0 Å². The first-order valence-corrected chi connectivity index (χ1v) is 5.83. The molecule has 0 aliphatic carbocycles. The first-order chi connectivity index (χ1) is 8.72. The van der Waals surface area contributed by atoms with E-state index in [0.29, 0.717) is 12.5 Å². The summed E-state index contributed by atoms with van der Waals surface area (Å²) in [6.45, 7) is 2.40. The fraction of sp³-hybridized carbons (Fsp3) is 0.500. The van der Waals surface area contributed by atoms with Gasteiger partial charge in [0.25, 0.3) is 0 Å². The third-order valence-corrected chi connectivity index (χ3v) is 2.87. The number of nitrogen functional groups attached to an aromatic ring is 1. The van der Waals surface area contributed by atoms with Crippen molar-refractivity contribution in [1.82, 2.24) is 9.97 Å². The molecule has 0 amide bonds. The van der Waals surface area contributed by atoms with E-state index in [0.717, 1.165) is 25.3 Å². The van der Waals surface area contributed by atoms with Crippen LogP contribution in [0.3, 0.4) is 0 Å². The fourth-order valence-electron chi connectivity index (χ4n) is 1.93. The Hall–Kier alpha value is -1.82. The Bertz CT molecular complexity index is 448. The van der Waals surface area contributed by atoms with Gasteiger partial charge in [-0.3, -0.25) is 0 Å². The number of nitrogens with two attached hydrogens (primary N) is 1. The second-order valence-electron chi connectivity index (χ2n) is 4.12. The van der Waals surface area contributed by atoms with E-state index in [-0.39, 0.29) is 5.95 Å². The van der Waals surface area contributed by atoms with Gasteiger partial charge >= 0.3 is 0 Å². The highest BCUT2D eigenvalue weighted by atomic mass is 16.5. The quantitative estimate of drug-likeness (QED) is 0.799. The van der Waals surface area contributed by atoms with Crippen molar-refractivity contribution >= 4 is 11.8 Å². The molecule has 1 aliphatic rings. The normalized spacial score (nSPS) is 15.4. The smallest absolute Gasteiger partial charge is 0.225 e. The highest BCUT2D eigenvalue weighted by Gasteiger charge is 2.15. The number of anilines is 2. The summed E-state index contributed by atoms with van der Waals surface area (Å²) in [5, 5.41) is 0. The van der Waals surface area contributed by atoms with Crippen molar-refractivity contribution in [3.8, 4) is 5.88 Å². The minimum atomic E-state index is 0.232. The highest BCUT2D eigenvalue weighted by molar-refractivity contribution is 5.47. The lowest BCUT2D eigenvalue weighted by Gasteiger charge is -2.27. The number of methoxy groups -OCH3 is 2. The molecule has 0 fully saturated rings. The number of ether oxygens (including phenoxy) is 2. The first-order valence-electron chi connectivity index (χ1n) is 5.83. The van der Waals surface area contributed by atoms with E-state index in [1.807, 2.05) is 0 Å². The summed E-state index contributed by atoms with van der Waals surface area (Å²) < 4.78 is 10.2. The minimum Gasteiger partial charge on any atom is -0.481 e. The molecule has 1 aliphatic heterocycles. The third kappa shape index (κ3) is 2.89. The second-order valence-corrected chi connectivity index (χ2v) is 4.12. The van der Waals surface area contributed by atoms with E-state index < -0.39 is 0 Å². The SMILES string of the molecule is COCC1=CCN(c2cc(OC)nc(N)n2)CC1. The summed E-state index contributed by atoms with van der Waals surface area (Å²) in [5.74, 6) is 1.52. The van der Waals surface area contributed by atoms with Gasteiger partial charge in [-0.1, -0.05) is 6.08 Å². The summed E-state index contributed by atoms with van der Waals surface area (Å²) in [6, 6.07) is 1.80. The van der Waals surface area contributed by atoms with Crippen molar-refractivity contribution in [1.29, 1.82) is 0 Å². The second kappa shape index (κ2) is 5.68. The molecule has 2 rings (SSSR count). The van der Waals surface area contributed by atoms with Gasteiger partial charge in [0.2, 0.25) is 11.8 Å². The maximum atomic E-state index is 5.65. The Balaban J connectivity index is 2.11. The van der Waals surface area contributed by atoms with E-state index in [9.17, 15) is 0 Å². The van der Waals surface area contributed by atoms with Gasteiger partial charge in [0.05, 0.1) is 13.7 Å². The summed E-state index contributed by atoms with van der Waals surface area (Å²) in [5.41, 5.74) is 6.97. The van der Waals surface area contributed by atoms with Gasteiger partial charge in [0.1, 0.15) is 5.82 Å². The molecule has 0 bridgehead atoms. The van der Waals surface area contributed by atoms with E-state index in [1.165, 1.54) is 5.57 Å². The van der Waals surface area contributed by atoms with Crippen LogP contribution in [-0.2, 0) is 4.74 Å². The average molecular weight is 250 g/mol. The molecule has 1 aromatic heterocycles. The Morgan fingerprint density at radius 3 is 2.83 bits per heavy atom. The molecule has 1 aromatic rings. The maximum Gasteiger partial charge on any atom is 0.225 e. The zero-order valence-electron chi connectivity index (χ0n) is 10.7. The van der Waals surface area contributed by atoms with Gasteiger partial charge in [-0.2, -0.15) is 9.97 Å². The van der Waals surface area contributed by atoms with Crippen molar-refractivity contribution < 1.29 is 9.47 Å². The number of aromatic nitrogens is 2. The van der Waals surface area contributed by atoms with Crippen molar-refractivity contribution in [3.63, 3.8) is 0 Å². The molecule has 0 spiro atoms. The number of hydrogen-bond donors (Lipinski definition) is 1. The van der Waals surface area contributed by atoms with Crippen LogP contribution in [0.4, 0.5) is 11.8 Å². The molecule has 2 N–H and O–H groups in total. The molecule has 2 heterocycles.